The van der Waals surface area contributed by atoms with Gasteiger partial charge in [-0.15, -0.1) is 11.3 Å². The maximum Gasteiger partial charge on any atom is 0.164 e. The van der Waals surface area contributed by atoms with Gasteiger partial charge >= 0.3 is 0 Å². The molecule has 0 saturated carbocycles. The fraction of sp³-hybridized carbons (Fsp3) is 0. The van der Waals surface area contributed by atoms with Gasteiger partial charge in [0.1, 0.15) is 11.2 Å². The van der Waals surface area contributed by atoms with Crippen molar-refractivity contribution in [2.45, 2.75) is 0 Å². The van der Waals surface area contributed by atoms with Gasteiger partial charge in [0.2, 0.25) is 0 Å². The number of hydrogen-bond acceptors (Lipinski definition) is 5. The van der Waals surface area contributed by atoms with E-state index in [0.29, 0.717) is 17.5 Å². The number of benzene rings is 8. The molecule has 0 aliphatic heterocycles. The van der Waals surface area contributed by atoms with Gasteiger partial charge in [0, 0.05) is 47.6 Å². The Kier molecular flexibility index (Phi) is 7.64. The fourth-order valence-electron chi connectivity index (χ4n) is 7.76. The summed E-state index contributed by atoms with van der Waals surface area (Å²) >= 11 is 1.85. The third-order valence-corrected chi connectivity index (χ3v) is 11.7. The predicted octanol–water partition coefficient (Wildman–Crippen LogP) is 14.1. The molecule has 0 aliphatic carbocycles. The van der Waals surface area contributed by atoms with Gasteiger partial charge in [-0.05, 0) is 81.9 Å². The topological polar surface area (TPSA) is 51.8 Å². The highest BCUT2D eigenvalue weighted by Gasteiger charge is 2.17. The Morgan fingerprint density at radius 1 is 0.321 bits per heavy atom. The standard InChI is InChI=1S/C51H31N3OS/c1-4-12-32(13-5-1)33-20-22-36(23-21-33)50-52-49(35-16-8-3-9-17-35)53-51(54-50)38-25-27-45-43(29-38)42-28-37(24-26-44(42)55-45)39-30-41(34-14-6-2-7-15-34)48-40-18-10-11-19-46(40)56-47(48)31-39/h1-31H. The second-order valence-electron chi connectivity index (χ2n) is 14.0. The minimum absolute atomic E-state index is 0.608. The van der Waals surface area contributed by atoms with Crippen LogP contribution in [0.3, 0.4) is 0 Å². The van der Waals surface area contributed by atoms with E-state index in [9.17, 15) is 0 Å². The monoisotopic (exact) mass is 733 g/mol. The predicted molar refractivity (Wildman–Crippen MR) is 233 cm³/mol. The first-order chi connectivity index (χ1) is 27.7. The zero-order valence-electron chi connectivity index (χ0n) is 30.1. The lowest BCUT2D eigenvalue weighted by Gasteiger charge is -2.10. The zero-order valence-corrected chi connectivity index (χ0v) is 30.9. The summed E-state index contributed by atoms with van der Waals surface area (Å²) in [5, 5.41) is 4.66. The van der Waals surface area contributed by atoms with Crippen LogP contribution in [0.2, 0.25) is 0 Å². The van der Waals surface area contributed by atoms with E-state index < -0.39 is 0 Å². The van der Waals surface area contributed by atoms with E-state index in [0.717, 1.165) is 49.8 Å². The van der Waals surface area contributed by atoms with Crippen LogP contribution in [0.5, 0.6) is 0 Å². The third kappa shape index (κ3) is 5.65. The number of rotatable bonds is 6. The van der Waals surface area contributed by atoms with Gasteiger partial charge in [-0.25, -0.2) is 15.0 Å². The molecule has 3 heterocycles. The molecule has 0 amide bonds. The highest BCUT2D eigenvalue weighted by molar-refractivity contribution is 7.26. The number of furan rings is 1. The number of thiophene rings is 1. The van der Waals surface area contributed by atoms with E-state index in [1.54, 1.807) is 0 Å². The van der Waals surface area contributed by atoms with E-state index in [1.165, 1.54) is 42.4 Å². The molecule has 8 aromatic carbocycles. The van der Waals surface area contributed by atoms with Crippen molar-refractivity contribution in [1.82, 2.24) is 15.0 Å². The maximum absolute atomic E-state index is 6.42. The average Bonchev–Trinajstić information content (AvgIpc) is 3.84. The molecule has 3 aromatic heterocycles. The Hall–Kier alpha value is -7.21. The molecule has 0 fully saturated rings. The maximum atomic E-state index is 6.42. The molecular weight excluding hydrogens is 703 g/mol. The minimum Gasteiger partial charge on any atom is -0.456 e. The Balaban J connectivity index is 1.04. The van der Waals surface area contributed by atoms with Crippen molar-refractivity contribution < 1.29 is 4.42 Å². The molecule has 0 bridgehead atoms. The summed E-state index contributed by atoms with van der Waals surface area (Å²) in [6.07, 6.45) is 0. The lowest BCUT2D eigenvalue weighted by molar-refractivity contribution is 0.669. The SMILES string of the molecule is c1ccc(-c2ccc(-c3nc(-c4ccccc4)nc(-c4ccc5oc6ccc(-c7cc(-c8ccccc8)c8c(c7)sc7ccccc78)cc6c5c4)n3)cc2)cc1. The molecule has 5 heteroatoms. The molecule has 11 rings (SSSR count). The van der Waals surface area contributed by atoms with Gasteiger partial charge in [0.15, 0.2) is 17.5 Å². The lowest BCUT2D eigenvalue weighted by Crippen LogP contribution is -2.00. The summed E-state index contributed by atoms with van der Waals surface area (Å²) in [6.45, 7) is 0. The van der Waals surface area contributed by atoms with E-state index in [-0.39, 0.29) is 0 Å². The normalized spacial score (nSPS) is 11.6. The van der Waals surface area contributed by atoms with Crippen molar-refractivity contribution >= 4 is 53.4 Å². The van der Waals surface area contributed by atoms with Crippen molar-refractivity contribution in [3.05, 3.63) is 188 Å². The van der Waals surface area contributed by atoms with E-state index in [1.807, 2.05) is 59.9 Å². The van der Waals surface area contributed by atoms with Gasteiger partial charge in [-0.1, -0.05) is 140 Å². The van der Waals surface area contributed by atoms with Crippen LogP contribution in [0.1, 0.15) is 0 Å². The highest BCUT2D eigenvalue weighted by atomic mass is 32.1. The zero-order chi connectivity index (χ0) is 37.0. The van der Waals surface area contributed by atoms with Gasteiger partial charge in [0.05, 0.1) is 0 Å². The molecule has 0 N–H and O–H groups in total. The lowest BCUT2D eigenvalue weighted by atomic mass is 9.94. The third-order valence-electron chi connectivity index (χ3n) is 10.5. The van der Waals surface area contributed by atoms with Crippen LogP contribution >= 0.6 is 11.3 Å². The molecule has 4 nitrogen and oxygen atoms in total. The minimum atomic E-state index is 0.608. The van der Waals surface area contributed by atoms with Crippen molar-refractivity contribution in [1.29, 1.82) is 0 Å². The van der Waals surface area contributed by atoms with Crippen LogP contribution in [-0.4, -0.2) is 15.0 Å². The Morgan fingerprint density at radius 3 is 1.48 bits per heavy atom. The Bertz CT molecular complexity index is 3230. The van der Waals surface area contributed by atoms with Crippen molar-refractivity contribution in [3.8, 4) is 67.5 Å². The van der Waals surface area contributed by atoms with Gasteiger partial charge in [-0.3, -0.25) is 0 Å². The second-order valence-corrected chi connectivity index (χ2v) is 15.1. The fourth-order valence-corrected chi connectivity index (χ4v) is 8.93. The summed E-state index contributed by atoms with van der Waals surface area (Å²) in [7, 11) is 0. The quantitative estimate of drug-likeness (QED) is 0.171. The molecule has 11 aromatic rings. The molecule has 0 unspecified atom stereocenters. The van der Waals surface area contributed by atoms with E-state index in [4.69, 9.17) is 19.4 Å². The number of hydrogen-bond donors (Lipinski definition) is 0. The number of nitrogens with zero attached hydrogens (tertiary/aromatic N) is 3. The molecule has 0 atom stereocenters. The van der Waals surface area contributed by atoms with Crippen LogP contribution in [0.4, 0.5) is 0 Å². The Labute approximate surface area is 327 Å². The summed E-state index contributed by atoms with van der Waals surface area (Å²) in [5.41, 5.74) is 11.5. The first-order valence-corrected chi connectivity index (χ1v) is 19.5. The molecule has 262 valence electrons. The smallest absolute Gasteiger partial charge is 0.164 e. The first kappa shape index (κ1) is 32.2. The molecule has 0 radical (unpaired) electrons. The number of aromatic nitrogens is 3. The summed E-state index contributed by atoms with van der Waals surface area (Å²) in [4.78, 5) is 15.1. The molecule has 0 aliphatic rings. The highest BCUT2D eigenvalue weighted by Crippen LogP contribution is 2.44. The number of fused-ring (bicyclic) bond motifs is 6. The summed E-state index contributed by atoms with van der Waals surface area (Å²) in [6, 6.07) is 65.8. The van der Waals surface area contributed by atoms with Crippen molar-refractivity contribution in [3.63, 3.8) is 0 Å². The van der Waals surface area contributed by atoms with Gasteiger partial charge < -0.3 is 4.42 Å². The molecule has 56 heavy (non-hydrogen) atoms. The second kappa shape index (κ2) is 13.3. The Morgan fingerprint density at radius 2 is 0.804 bits per heavy atom. The van der Waals surface area contributed by atoms with E-state index >= 15 is 0 Å². The van der Waals surface area contributed by atoms with Crippen LogP contribution < -0.4 is 0 Å². The summed E-state index contributed by atoms with van der Waals surface area (Å²) in [5.74, 6) is 1.86. The van der Waals surface area contributed by atoms with Crippen LogP contribution in [0.25, 0.3) is 110 Å². The first-order valence-electron chi connectivity index (χ1n) is 18.7. The van der Waals surface area contributed by atoms with Crippen LogP contribution in [0, 0.1) is 0 Å². The van der Waals surface area contributed by atoms with Crippen LogP contribution in [-0.2, 0) is 0 Å². The summed E-state index contributed by atoms with van der Waals surface area (Å²) < 4.78 is 8.99. The molecule has 0 spiro atoms. The molecular formula is C51H31N3OS. The van der Waals surface area contributed by atoms with E-state index in [2.05, 4.69) is 140 Å². The molecule has 0 saturated heterocycles. The van der Waals surface area contributed by atoms with Crippen molar-refractivity contribution in [2.24, 2.45) is 0 Å². The van der Waals surface area contributed by atoms with Crippen molar-refractivity contribution in [2.75, 3.05) is 0 Å². The van der Waals surface area contributed by atoms with Gasteiger partial charge in [0.25, 0.3) is 0 Å². The average molecular weight is 734 g/mol. The van der Waals surface area contributed by atoms with Gasteiger partial charge in [-0.2, -0.15) is 0 Å². The van der Waals surface area contributed by atoms with Crippen LogP contribution in [0.15, 0.2) is 192 Å². The largest absolute Gasteiger partial charge is 0.456 e.